The van der Waals surface area contributed by atoms with E-state index in [1.807, 2.05) is 42.5 Å². The molecule has 1 N–H and O–H groups in total. The van der Waals surface area contributed by atoms with Crippen LogP contribution >= 0.6 is 23.1 Å². The number of methoxy groups -OCH3 is 2. The molecule has 0 atom stereocenters. The molecule has 8 heteroatoms. The van der Waals surface area contributed by atoms with Crippen molar-refractivity contribution in [1.82, 2.24) is 10.2 Å². The molecule has 0 aliphatic heterocycles. The molecule has 3 rings (SSSR count). The van der Waals surface area contributed by atoms with E-state index in [1.165, 1.54) is 11.3 Å². The minimum Gasteiger partial charge on any atom is -0.493 e. The Hall–Kier alpha value is -2.58. The lowest BCUT2D eigenvalue weighted by molar-refractivity contribution is 0.102. The van der Waals surface area contributed by atoms with Gasteiger partial charge in [0.15, 0.2) is 11.5 Å². The first kappa shape index (κ1) is 21.1. The second kappa shape index (κ2) is 10.3. The van der Waals surface area contributed by atoms with Crippen LogP contribution in [0.25, 0.3) is 0 Å². The van der Waals surface area contributed by atoms with Gasteiger partial charge in [-0.05, 0) is 42.0 Å². The molecular weight excluding hydrogens is 406 g/mol. The van der Waals surface area contributed by atoms with Gasteiger partial charge in [-0.3, -0.25) is 10.1 Å². The van der Waals surface area contributed by atoms with Crippen molar-refractivity contribution in [2.45, 2.75) is 24.7 Å². The van der Waals surface area contributed by atoms with E-state index in [4.69, 9.17) is 9.47 Å². The lowest BCUT2D eigenvalue weighted by Crippen LogP contribution is -2.12. The summed E-state index contributed by atoms with van der Waals surface area (Å²) >= 11 is 3.05. The van der Waals surface area contributed by atoms with Gasteiger partial charge in [-0.15, -0.1) is 22.0 Å². The van der Waals surface area contributed by atoms with Gasteiger partial charge in [0.25, 0.3) is 5.91 Å². The van der Waals surface area contributed by atoms with E-state index in [-0.39, 0.29) is 5.91 Å². The van der Waals surface area contributed by atoms with Crippen molar-refractivity contribution in [2.75, 3.05) is 25.3 Å². The van der Waals surface area contributed by atoms with Crippen molar-refractivity contribution in [3.63, 3.8) is 0 Å². The number of ether oxygens (including phenoxy) is 2. The standard InChI is InChI=1S/C21H23N3O3S2/c1-4-11-28-18-8-6-5-7-15(18)20(25)22-21-24-23-19(29-21)13-14-9-10-16(26-2)17(12-14)27-3/h5-10,12H,4,11,13H2,1-3H3,(H,22,24,25). The average Bonchev–Trinajstić information content (AvgIpc) is 3.18. The smallest absolute Gasteiger partial charge is 0.258 e. The molecular formula is C21H23N3O3S2. The van der Waals surface area contributed by atoms with Crippen LogP contribution in [0.15, 0.2) is 47.4 Å². The molecule has 1 aromatic heterocycles. The van der Waals surface area contributed by atoms with Crippen LogP contribution < -0.4 is 14.8 Å². The van der Waals surface area contributed by atoms with Gasteiger partial charge in [0, 0.05) is 11.3 Å². The average molecular weight is 430 g/mol. The summed E-state index contributed by atoms with van der Waals surface area (Å²) in [6.07, 6.45) is 1.65. The maximum atomic E-state index is 12.7. The monoisotopic (exact) mass is 429 g/mol. The highest BCUT2D eigenvalue weighted by atomic mass is 32.2. The normalized spacial score (nSPS) is 10.6. The van der Waals surface area contributed by atoms with Crippen LogP contribution in [0.1, 0.15) is 34.3 Å². The number of thioether (sulfide) groups is 1. The van der Waals surface area contributed by atoms with Gasteiger partial charge >= 0.3 is 0 Å². The molecule has 0 radical (unpaired) electrons. The number of carbonyl (C=O) groups is 1. The number of carbonyl (C=O) groups excluding carboxylic acids is 1. The van der Waals surface area contributed by atoms with E-state index in [1.54, 1.807) is 26.0 Å². The second-order valence-corrected chi connectivity index (χ2v) is 8.36. The molecule has 0 saturated heterocycles. The number of hydrogen-bond donors (Lipinski definition) is 1. The Kier molecular flexibility index (Phi) is 7.48. The lowest BCUT2D eigenvalue weighted by atomic mass is 10.1. The highest BCUT2D eigenvalue weighted by Gasteiger charge is 2.14. The number of benzene rings is 2. The van der Waals surface area contributed by atoms with Crippen molar-refractivity contribution < 1.29 is 14.3 Å². The highest BCUT2D eigenvalue weighted by Crippen LogP contribution is 2.29. The Morgan fingerprint density at radius 2 is 1.90 bits per heavy atom. The summed E-state index contributed by atoms with van der Waals surface area (Å²) in [6.45, 7) is 2.12. The van der Waals surface area contributed by atoms with Gasteiger partial charge in [0.2, 0.25) is 5.13 Å². The zero-order chi connectivity index (χ0) is 20.6. The second-order valence-electron chi connectivity index (χ2n) is 6.17. The summed E-state index contributed by atoms with van der Waals surface area (Å²) < 4.78 is 10.6. The van der Waals surface area contributed by atoms with E-state index in [0.29, 0.717) is 28.6 Å². The van der Waals surface area contributed by atoms with E-state index >= 15 is 0 Å². The molecule has 152 valence electrons. The topological polar surface area (TPSA) is 73.3 Å². The molecule has 0 unspecified atom stereocenters. The summed E-state index contributed by atoms with van der Waals surface area (Å²) in [5.41, 5.74) is 1.68. The van der Waals surface area contributed by atoms with Crippen molar-refractivity contribution >= 4 is 34.1 Å². The van der Waals surface area contributed by atoms with Crippen molar-refractivity contribution in [3.8, 4) is 11.5 Å². The minimum atomic E-state index is -0.169. The van der Waals surface area contributed by atoms with Gasteiger partial charge in [0.05, 0.1) is 19.8 Å². The quantitative estimate of drug-likeness (QED) is 0.488. The molecule has 1 amide bonds. The number of amides is 1. The largest absolute Gasteiger partial charge is 0.493 e. The van der Waals surface area contributed by atoms with Gasteiger partial charge in [-0.25, -0.2) is 0 Å². The molecule has 0 bridgehead atoms. The van der Waals surface area contributed by atoms with Crippen molar-refractivity contribution in [2.24, 2.45) is 0 Å². The predicted molar refractivity (Wildman–Crippen MR) is 118 cm³/mol. The number of aromatic nitrogens is 2. The number of anilines is 1. The fourth-order valence-corrected chi connectivity index (χ4v) is 4.38. The molecule has 3 aromatic rings. The van der Waals surface area contributed by atoms with Gasteiger partial charge in [-0.1, -0.05) is 36.5 Å². The predicted octanol–water partition coefficient (Wildman–Crippen LogP) is 4.90. The molecule has 29 heavy (non-hydrogen) atoms. The van der Waals surface area contributed by atoms with Crippen LogP contribution in [0.4, 0.5) is 5.13 Å². The molecule has 0 aliphatic carbocycles. The van der Waals surface area contributed by atoms with Crippen LogP contribution in [-0.2, 0) is 6.42 Å². The first-order chi connectivity index (χ1) is 14.1. The minimum absolute atomic E-state index is 0.169. The van der Waals surface area contributed by atoms with Crippen molar-refractivity contribution in [3.05, 3.63) is 58.6 Å². The maximum Gasteiger partial charge on any atom is 0.258 e. The van der Waals surface area contributed by atoms with Crippen molar-refractivity contribution in [1.29, 1.82) is 0 Å². The Morgan fingerprint density at radius 3 is 2.66 bits per heavy atom. The summed E-state index contributed by atoms with van der Waals surface area (Å²) in [7, 11) is 3.22. The number of nitrogens with one attached hydrogen (secondary N) is 1. The van der Waals surface area contributed by atoms with E-state index in [9.17, 15) is 4.79 Å². The summed E-state index contributed by atoms with van der Waals surface area (Å²) in [4.78, 5) is 13.7. The molecule has 1 heterocycles. The Balaban J connectivity index is 1.69. The third kappa shape index (κ3) is 5.48. The summed E-state index contributed by atoms with van der Waals surface area (Å²) in [5, 5.41) is 12.5. The zero-order valence-electron chi connectivity index (χ0n) is 16.6. The molecule has 0 aliphatic rings. The Bertz CT molecular complexity index is 975. The number of rotatable bonds is 9. The first-order valence-corrected chi connectivity index (χ1v) is 11.0. The van der Waals surface area contributed by atoms with Gasteiger partial charge in [-0.2, -0.15) is 0 Å². The van der Waals surface area contributed by atoms with Crippen LogP contribution in [0, 0.1) is 0 Å². The van der Waals surface area contributed by atoms with E-state index in [0.717, 1.165) is 27.6 Å². The van der Waals surface area contributed by atoms with Gasteiger partial charge < -0.3 is 9.47 Å². The molecule has 0 spiro atoms. The van der Waals surface area contributed by atoms with Crippen LogP contribution in [0.3, 0.4) is 0 Å². The number of nitrogens with zero attached hydrogens (tertiary/aromatic N) is 2. The maximum absolute atomic E-state index is 12.7. The highest BCUT2D eigenvalue weighted by molar-refractivity contribution is 7.99. The third-order valence-electron chi connectivity index (χ3n) is 4.08. The zero-order valence-corrected chi connectivity index (χ0v) is 18.2. The fraction of sp³-hybridized carbons (Fsp3) is 0.286. The molecule has 0 fully saturated rings. The van der Waals surface area contributed by atoms with Gasteiger partial charge in [0.1, 0.15) is 5.01 Å². The van der Waals surface area contributed by atoms with Crippen LogP contribution in [0.5, 0.6) is 11.5 Å². The Labute approximate surface area is 178 Å². The fourth-order valence-electron chi connectivity index (χ4n) is 2.70. The third-order valence-corrected chi connectivity index (χ3v) is 6.20. The lowest BCUT2D eigenvalue weighted by Gasteiger charge is -2.08. The SMILES string of the molecule is CCCSc1ccccc1C(=O)Nc1nnc(Cc2ccc(OC)c(OC)c2)s1. The van der Waals surface area contributed by atoms with E-state index in [2.05, 4.69) is 22.4 Å². The summed E-state index contributed by atoms with van der Waals surface area (Å²) in [5.74, 6) is 2.15. The first-order valence-electron chi connectivity index (χ1n) is 9.21. The van der Waals surface area contributed by atoms with E-state index < -0.39 is 0 Å². The van der Waals surface area contributed by atoms with Crippen LogP contribution in [-0.4, -0.2) is 36.1 Å². The molecule has 2 aromatic carbocycles. The molecule has 6 nitrogen and oxygen atoms in total. The molecule has 0 saturated carbocycles. The Morgan fingerprint density at radius 1 is 1.10 bits per heavy atom. The van der Waals surface area contributed by atoms with Crippen LogP contribution in [0.2, 0.25) is 0 Å². The summed E-state index contributed by atoms with van der Waals surface area (Å²) in [6, 6.07) is 13.4. The number of hydrogen-bond acceptors (Lipinski definition) is 7.